The van der Waals surface area contributed by atoms with Crippen molar-refractivity contribution >= 4 is 11.9 Å². The fraction of sp³-hybridized carbons (Fsp3) is 0.158. The van der Waals surface area contributed by atoms with Crippen LogP contribution in [0.2, 0.25) is 0 Å². The van der Waals surface area contributed by atoms with Gasteiger partial charge < -0.3 is 10.1 Å². The third-order valence-electron chi connectivity index (χ3n) is 3.67. The lowest BCUT2D eigenvalue weighted by molar-refractivity contribution is -0.124. The lowest BCUT2D eigenvalue weighted by Crippen LogP contribution is -2.28. The van der Waals surface area contributed by atoms with E-state index in [0.29, 0.717) is 18.7 Å². The van der Waals surface area contributed by atoms with E-state index in [1.54, 1.807) is 23.1 Å². The molecule has 0 fully saturated rings. The lowest BCUT2D eigenvalue weighted by atomic mass is 10.1. The molecule has 0 saturated heterocycles. The molecule has 0 spiro atoms. The fourth-order valence-electron chi connectivity index (χ4n) is 2.31. The van der Waals surface area contributed by atoms with Gasteiger partial charge in [-0.2, -0.15) is 5.10 Å². The van der Waals surface area contributed by atoms with Crippen LogP contribution in [-0.2, 0) is 22.6 Å². The lowest BCUT2D eigenvalue weighted by Gasteiger charge is -2.07. The highest BCUT2D eigenvalue weighted by Crippen LogP contribution is 2.07. The van der Waals surface area contributed by atoms with Crippen molar-refractivity contribution in [3.8, 4) is 0 Å². The molecular formula is C19H18N4O3. The highest BCUT2D eigenvalue weighted by atomic mass is 16.5. The third-order valence-corrected chi connectivity index (χ3v) is 3.67. The van der Waals surface area contributed by atoms with Gasteiger partial charge in [0.25, 0.3) is 5.91 Å². The molecule has 0 aliphatic heterocycles. The average Bonchev–Trinajstić information content (AvgIpc) is 3.19. The monoisotopic (exact) mass is 350 g/mol. The molecule has 0 bridgehead atoms. The summed E-state index contributed by atoms with van der Waals surface area (Å²) < 4.78 is 6.73. The molecule has 26 heavy (non-hydrogen) atoms. The second kappa shape index (κ2) is 8.57. The average molecular weight is 350 g/mol. The first kappa shape index (κ1) is 17.3. The maximum Gasteiger partial charge on any atom is 0.338 e. The molecule has 3 rings (SSSR count). The Labute approximate surface area is 150 Å². The van der Waals surface area contributed by atoms with E-state index in [1.165, 1.54) is 6.33 Å². The Morgan fingerprint density at radius 2 is 1.77 bits per heavy atom. The Bertz CT molecular complexity index is 846. The van der Waals surface area contributed by atoms with E-state index in [0.717, 1.165) is 11.1 Å². The number of aromatic nitrogens is 3. The largest absolute Gasteiger partial charge is 0.452 e. The smallest absolute Gasteiger partial charge is 0.338 e. The van der Waals surface area contributed by atoms with E-state index in [9.17, 15) is 9.59 Å². The SMILES string of the molecule is O=C(COC(=O)c1ccc(Cn2cncn2)cc1)NCc1ccccc1. The minimum atomic E-state index is -0.535. The van der Waals surface area contributed by atoms with Gasteiger partial charge in [-0.1, -0.05) is 42.5 Å². The van der Waals surface area contributed by atoms with Gasteiger partial charge in [0.1, 0.15) is 12.7 Å². The standard InChI is InChI=1S/C19H18N4O3/c24-18(21-10-15-4-2-1-3-5-15)12-26-19(25)17-8-6-16(7-9-17)11-23-14-20-13-22-23/h1-9,13-14H,10-12H2,(H,21,24). The van der Waals surface area contributed by atoms with E-state index in [4.69, 9.17) is 4.74 Å². The summed E-state index contributed by atoms with van der Waals surface area (Å²) in [5, 5.41) is 6.73. The van der Waals surface area contributed by atoms with Crippen molar-refractivity contribution in [1.29, 1.82) is 0 Å². The maximum atomic E-state index is 12.0. The van der Waals surface area contributed by atoms with Crippen LogP contribution in [0.15, 0.2) is 67.3 Å². The van der Waals surface area contributed by atoms with Gasteiger partial charge in [0, 0.05) is 6.54 Å². The Balaban J connectivity index is 1.44. The summed E-state index contributed by atoms with van der Waals surface area (Å²) in [6, 6.07) is 16.5. The molecule has 0 radical (unpaired) electrons. The number of esters is 1. The second-order valence-electron chi connectivity index (χ2n) is 5.63. The Hall–Kier alpha value is -3.48. The van der Waals surface area contributed by atoms with Gasteiger partial charge in [-0.05, 0) is 23.3 Å². The quantitative estimate of drug-likeness (QED) is 0.657. The van der Waals surface area contributed by atoms with E-state index < -0.39 is 5.97 Å². The van der Waals surface area contributed by atoms with E-state index in [2.05, 4.69) is 15.4 Å². The second-order valence-corrected chi connectivity index (χ2v) is 5.63. The molecule has 3 aromatic rings. The van der Waals surface area contributed by atoms with Crippen LogP contribution in [0.1, 0.15) is 21.5 Å². The first-order chi connectivity index (χ1) is 12.7. The topological polar surface area (TPSA) is 86.1 Å². The van der Waals surface area contributed by atoms with Gasteiger partial charge in [-0.15, -0.1) is 0 Å². The summed E-state index contributed by atoms with van der Waals surface area (Å²) in [7, 11) is 0. The van der Waals surface area contributed by atoms with Gasteiger partial charge in [0.05, 0.1) is 12.1 Å². The molecule has 1 heterocycles. The number of benzene rings is 2. The van der Waals surface area contributed by atoms with Crippen LogP contribution in [0.4, 0.5) is 0 Å². The Morgan fingerprint density at radius 3 is 2.46 bits per heavy atom. The summed E-state index contributed by atoms with van der Waals surface area (Å²) in [4.78, 5) is 27.7. The molecule has 7 nitrogen and oxygen atoms in total. The normalized spacial score (nSPS) is 10.3. The Morgan fingerprint density at radius 1 is 1.00 bits per heavy atom. The molecule has 0 saturated carbocycles. The minimum Gasteiger partial charge on any atom is -0.452 e. The number of carbonyl (C=O) groups is 2. The van der Waals surface area contributed by atoms with E-state index in [1.807, 2.05) is 42.5 Å². The predicted molar refractivity (Wildman–Crippen MR) is 94.1 cm³/mol. The van der Waals surface area contributed by atoms with Gasteiger partial charge in [0.2, 0.25) is 0 Å². The maximum absolute atomic E-state index is 12.0. The first-order valence-electron chi connectivity index (χ1n) is 8.10. The van der Waals surface area contributed by atoms with E-state index >= 15 is 0 Å². The number of hydrogen-bond acceptors (Lipinski definition) is 5. The van der Waals surface area contributed by atoms with Crippen LogP contribution in [0, 0.1) is 0 Å². The van der Waals surface area contributed by atoms with Crippen molar-refractivity contribution in [3.05, 3.63) is 83.9 Å². The number of amides is 1. The van der Waals surface area contributed by atoms with Crippen LogP contribution in [-0.4, -0.2) is 33.2 Å². The van der Waals surface area contributed by atoms with Gasteiger partial charge >= 0.3 is 5.97 Å². The molecule has 0 aliphatic carbocycles. The predicted octanol–water partition coefficient (Wildman–Crippen LogP) is 1.80. The fourth-order valence-corrected chi connectivity index (χ4v) is 2.31. The zero-order valence-corrected chi connectivity index (χ0v) is 14.0. The van der Waals surface area contributed by atoms with Crippen LogP contribution in [0.5, 0.6) is 0 Å². The number of ether oxygens (including phenoxy) is 1. The van der Waals surface area contributed by atoms with Gasteiger partial charge in [0.15, 0.2) is 6.61 Å². The summed E-state index contributed by atoms with van der Waals surface area (Å²) in [5.74, 6) is -0.878. The van der Waals surface area contributed by atoms with Gasteiger partial charge in [-0.25, -0.2) is 14.5 Å². The van der Waals surface area contributed by atoms with Crippen LogP contribution >= 0.6 is 0 Å². The van der Waals surface area contributed by atoms with Crippen molar-refractivity contribution in [1.82, 2.24) is 20.1 Å². The van der Waals surface area contributed by atoms with Crippen molar-refractivity contribution in [2.45, 2.75) is 13.1 Å². The number of hydrogen-bond donors (Lipinski definition) is 1. The number of rotatable bonds is 7. The Kier molecular flexibility index (Phi) is 5.72. The number of carbonyl (C=O) groups excluding carboxylic acids is 2. The van der Waals surface area contributed by atoms with Crippen molar-refractivity contribution < 1.29 is 14.3 Å². The molecule has 1 N–H and O–H groups in total. The summed E-state index contributed by atoms with van der Waals surface area (Å²) in [6.07, 6.45) is 3.09. The highest BCUT2D eigenvalue weighted by Gasteiger charge is 2.10. The summed E-state index contributed by atoms with van der Waals surface area (Å²) in [5.41, 5.74) is 2.35. The summed E-state index contributed by atoms with van der Waals surface area (Å²) in [6.45, 7) is 0.651. The van der Waals surface area contributed by atoms with Crippen LogP contribution in [0.3, 0.4) is 0 Å². The first-order valence-corrected chi connectivity index (χ1v) is 8.10. The molecular weight excluding hydrogens is 332 g/mol. The van der Waals surface area contributed by atoms with Crippen LogP contribution < -0.4 is 5.32 Å². The number of nitrogens with one attached hydrogen (secondary N) is 1. The molecule has 7 heteroatoms. The molecule has 132 valence electrons. The molecule has 1 amide bonds. The third kappa shape index (κ3) is 5.01. The number of nitrogens with zero attached hydrogens (tertiary/aromatic N) is 3. The van der Waals surface area contributed by atoms with Crippen molar-refractivity contribution in [2.75, 3.05) is 6.61 Å². The molecule has 0 aliphatic rings. The zero-order valence-electron chi connectivity index (χ0n) is 14.0. The molecule has 0 unspecified atom stereocenters. The summed E-state index contributed by atoms with van der Waals surface area (Å²) >= 11 is 0. The van der Waals surface area contributed by atoms with Crippen LogP contribution in [0.25, 0.3) is 0 Å². The van der Waals surface area contributed by atoms with Crippen molar-refractivity contribution in [2.24, 2.45) is 0 Å². The highest BCUT2D eigenvalue weighted by molar-refractivity contribution is 5.91. The van der Waals surface area contributed by atoms with Gasteiger partial charge in [-0.3, -0.25) is 4.79 Å². The molecule has 2 aromatic carbocycles. The van der Waals surface area contributed by atoms with Crippen molar-refractivity contribution in [3.63, 3.8) is 0 Å². The zero-order chi connectivity index (χ0) is 18.2. The minimum absolute atomic E-state index is 0.313. The molecule has 1 aromatic heterocycles. The molecule has 0 atom stereocenters. The van der Waals surface area contributed by atoms with E-state index in [-0.39, 0.29) is 12.5 Å².